The van der Waals surface area contributed by atoms with Gasteiger partial charge >= 0.3 is 0 Å². The first-order valence-corrected chi connectivity index (χ1v) is 7.67. The summed E-state index contributed by atoms with van der Waals surface area (Å²) in [5.41, 5.74) is 0. The molecule has 3 heteroatoms. The van der Waals surface area contributed by atoms with Crippen LogP contribution in [0.4, 0.5) is 0 Å². The van der Waals surface area contributed by atoms with Gasteiger partial charge in [-0.2, -0.15) is 0 Å². The van der Waals surface area contributed by atoms with Gasteiger partial charge in [-0.15, -0.1) is 11.3 Å². The molecule has 1 aromatic rings. The minimum atomic E-state index is 0.806. The first-order chi connectivity index (χ1) is 8.34. The second-order valence-corrected chi connectivity index (χ2v) is 6.10. The molecule has 96 valence electrons. The molecule has 1 fully saturated rings. The predicted octanol–water partition coefficient (Wildman–Crippen LogP) is 2.75. The Hall–Kier alpha value is -0.380. The molecule has 17 heavy (non-hydrogen) atoms. The van der Waals surface area contributed by atoms with Gasteiger partial charge in [0.05, 0.1) is 0 Å². The third-order valence-electron chi connectivity index (χ3n) is 3.57. The van der Waals surface area contributed by atoms with Crippen LogP contribution >= 0.6 is 11.3 Å². The largest absolute Gasteiger partial charge is 0.314 e. The lowest BCUT2D eigenvalue weighted by Crippen LogP contribution is -2.26. The SMILES string of the molecule is CN(CCCC1CCCN1)CCc1cccs1. The lowest BCUT2D eigenvalue weighted by molar-refractivity contribution is 0.323. The van der Waals surface area contributed by atoms with Crippen LogP contribution < -0.4 is 5.32 Å². The summed E-state index contributed by atoms with van der Waals surface area (Å²) in [6.45, 7) is 3.67. The summed E-state index contributed by atoms with van der Waals surface area (Å²) in [5.74, 6) is 0. The van der Waals surface area contributed by atoms with Gasteiger partial charge < -0.3 is 10.2 Å². The van der Waals surface area contributed by atoms with Gasteiger partial charge in [-0.3, -0.25) is 0 Å². The molecule has 2 rings (SSSR count). The van der Waals surface area contributed by atoms with Gasteiger partial charge in [0.2, 0.25) is 0 Å². The van der Waals surface area contributed by atoms with Gasteiger partial charge in [-0.25, -0.2) is 0 Å². The zero-order valence-corrected chi connectivity index (χ0v) is 11.6. The van der Waals surface area contributed by atoms with Gasteiger partial charge in [-0.1, -0.05) is 6.07 Å². The summed E-state index contributed by atoms with van der Waals surface area (Å²) in [6.07, 6.45) is 6.65. The van der Waals surface area contributed by atoms with E-state index in [9.17, 15) is 0 Å². The van der Waals surface area contributed by atoms with Crippen molar-refractivity contribution in [2.75, 3.05) is 26.7 Å². The summed E-state index contributed by atoms with van der Waals surface area (Å²) in [7, 11) is 2.25. The fraction of sp³-hybridized carbons (Fsp3) is 0.714. The molecule has 2 heterocycles. The average Bonchev–Trinajstić information content (AvgIpc) is 2.99. The summed E-state index contributed by atoms with van der Waals surface area (Å²) in [5, 5.41) is 5.74. The Labute approximate surface area is 109 Å². The second-order valence-electron chi connectivity index (χ2n) is 5.07. The second kappa shape index (κ2) is 7.14. The average molecular weight is 252 g/mol. The number of hydrogen-bond donors (Lipinski definition) is 1. The van der Waals surface area contributed by atoms with Crippen LogP contribution in [0.5, 0.6) is 0 Å². The Kier molecular flexibility index (Phi) is 5.49. The van der Waals surface area contributed by atoms with Crippen molar-refractivity contribution in [1.82, 2.24) is 10.2 Å². The molecular weight excluding hydrogens is 228 g/mol. The molecule has 0 aliphatic carbocycles. The van der Waals surface area contributed by atoms with E-state index in [1.165, 1.54) is 56.6 Å². The van der Waals surface area contributed by atoms with Crippen molar-refractivity contribution in [3.05, 3.63) is 22.4 Å². The molecule has 1 unspecified atom stereocenters. The molecule has 0 bridgehead atoms. The fourth-order valence-electron chi connectivity index (χ4n) is 2.48. The molecule has 0 spiro atoms. The van der Waals surface area contributed by atoms with E-state index >= 15 is 0 Å². The van der Waals surface area contributed by atoms with E-state index in [0.717, 1.165) is 6.04 Å². The number of likely N-dealkylation sites (N-methyl/N-ethyl adjacent to an activating group) is 1. The minimum Gasteiger partial charge on any atom is -0.314 e. The highest BCUT2D eigenvalue weighted by Gasteiger charge is 2.13. The van der Waals surface area contributed by atoms with E-state index in [2.05, 4.69) is 34.8 Å². The normalized spacial score (nSPS) is 20.2. The van der Waals surface area contributed by atoms with Crippen LogP contribution in [0, 0.1) is 0 Å². The zero-order valence-electron chi connectivity index (χ0n) is 10.8. The lowest BCUT2D eigenvalue weighted by atomic mass is 10.1. The number of rotatable bonds is 7. The van der Waals surface area contributed by atoms with Crippen LogP contribution in [0.3, 0.4) is 0 Å². The standard InChI is InChI=1S/C14H24N2S/c1-16(11-8-14-7-4-12-17-14)10-3-6-13-5-2-9-15-13/h4,7,12-13,15H,2-3,5-6,8-11H2,1H3. The summed E-state index contributed by atoms with van der Waals surface area (Å²) in [4.78, 5) is 3.98. The first-order valence-electron chi connectivity index (χ1n) is 6.79. The summed E-state index contributed by atoms with van der Waals surface area (Å²) in [6, 6.07) is 5.19. The number of nitrogens with zero attached hydrogens (tertiary/aromatic N) is 1. The van der Waals surface area contributed by atoms with Gasteiger partial charge in [0.1, 0.15) is 0 Å². The third kappa shape index (κ3) is 4.78. The predicted molar refractivity (Wildman–Crippen MR) is 75.8 cm³/mol. The van der Waals surface area contributed by atoms with Crippen molar-refractivity contribution in [3.63, 3.8) is 0 Å². The number of thiophene rings is 1. The third-order valence-corrected chi connectivity index (χ3v) is 4.51. The molecule has 0 saturated carbocycles. The van der Waals surface area contributed by atoms with Gasteiger partial charge in [0.15, 0.2) is 0 Å². The van der Waals surface area contributed by atoms with E-state index in [-0.39, 0.29) is 0 Å². The van der Waals surface area contributed by atoms with E-state index in [0.29, 0.717) is 0 Å². The number of hydrogen-bond acceptors (Lipinski definition) is 3. The van der Waals surface area contributed by atoms with E-state index in [4.69, 9.17) is 0 Å². The lowest BCUT2D eigenvalue weighted by Gasteiger charge is -2.17. The maximum atomic E-state index is 3.57. The Morgan fingerprint density at radius 3 is 3.12 bits per heavy atom. The molecule has 1 aliphatic rings. The monoisotopic (exact) mass is 252 g/mol. The molecule has 1 N–H and O–H groups in total. The molecular formula is C14H24N2S. The number of nitrogens with one attached hydrogen (secondary N) is 1. The van der Waals surface area contributed by atoms with Crippen LogP contribution in [-0.4, -0.2) is 37.6 Å². The van der Waals surface area contributed by atoms with E-state index in [1.807, 2.05) is 11.3 Å². The highest BCUT2D eigenvalue weighted by molar-refractivity contribution is 7.09. The quantitative estimate of drug-likeness (QED) is 0.803. The molecule has 1 saturated heterocycles. The van der Waals surface area contributed by atoms with Crippen LogP contribution in [-0.2, 0) is 6.42 Å². The Morgan fingerprint density at radius 2 is 2.41 bits per heavy atom. The minimum absolute atomic E-state index is 0.806. The Bertz CT molecular complexity index is 291. The Morgan fingerprint density at radius 1 is 1.47 bits per heavy atom. The maximum Gasteiger partial charge on any atom is 0.00680 e. The van der Waals surface area contributed by atoms with Gasteiger partial charge in [-0.05, 0) is 63.7 Å². The molecule has 1 aliphatic heterocycles. The van der Waals surface area contributed by atoms with Crippen molar-refractivity contribution < 1.29 is 0 Å². The van der Waals surface area contributed by atoms with E-state index in [1.54, 1.807) is 0 Å². The van der Waals surface area contributed by atoms with E-state index < -0.39 is 0 Å². The summed E-state index contributed by atoms with van der Waals surface area (Å²) < 4.78 is 0. The van der Waals surface area contributed by atoms with Crippen molar-refractivity contribution in [1.29, 1.82) is 0 Å². The van der Waals surface area contributed by atoms with Crippen molar-refractivity contribution in [2.45, 2.75) is 38.1 Å². The zero-order chi connectivity index (χ0) is 11.9. The fourth-order valence-corrected chi connectivity index (χ4v) is 3.18. The van der Waals surface area contributed by atoms with Crippen LogP contribution in [0.2, 0.25) is 0 Å². The van der Waals surface area contributed by atoms with Gasteiger partial charge in [0, 0.05) is 17.5 Å². The highest BCUT2D eigenvalue weighted by Crippen LogP contribution is 2.12. The molecule has 2 nitrogen and oxygen atoms in total. The molecule has 1 aromatic heterocycles. The summed E-state index contributed by atoms with van der Waals surface area (Å²) >= 11 is 1.87. The van der Waals surface area contributed by atoms with Gasteiger partial charge in [0.25, 0.3) is 0 Å². The topological polar surface area (TPSA) is 15.3 Å². The van der Waals surface area contributed by atoms with Crippen LogP contribution in [0.25, 0.3) is 0 Å². The Balaban J connectivity index is 1.52. The van der Waals surface area contributed by atoms with Crippen LogP contribution in [0.1, 0.15) is 30.6 Å². The van der Waals surface area contributed by atoms with Crippen molar-refractivity contribution in [2.24, 2.45) is 0 Å². The van der Waals surface area contributed by atoms with Crippen molar-refractivity contribution in [3.8, 4) is 0 Å². The first kappa shape index (κ1) is 13.1. The smallest absolute Gasteiger partial charge is 0.00680 e. The molecule has 0 radical (unpaired) electrons. The van der Waals surface area contributed by atoms with Crippen LogP contribution in [0.15, 0.2) is 17.5 Å². The van der Waals surface area contributed by atoms with Crippen molar-refractivity contribution >= 4 is 11.3 Å². The maximum absolute atomic E-state index is 3.57. The molecule has 1 atom stereocenters. The molecule has 0 amide bonds. The highest BCUT2D eigenvalue weighted by atomic mass is 32.1. The molecule has 0 aromatic carbocycles.